The molecule has 1 N–H and O–H groups in total. The molecule has 1 heterocycles. The van der Waals surface area contributed by atoms with Crippen molar-refractivity contribution < 1.29 is 9.90 Å². The molecule has 17 heavy (non-hydrogen) atoms. The Morgan fingerprint density at radius 2 is 2.29 bits per heavy atom. The molecular weight excluding hydrogens is 234 g/mol. The average Bonchev–Trinajstić information content (AvgIpc) is 2.84. The normalized spacial score (nSPS) is 18.4. The van der Waals surface area contributed by atoms with Gasteiger partial charge < -0.3 is 5.11 Å². The SMILES string of the molecule is CC(CC(=O)O)Cc1nc(C2CCCC2)cs1. The van der Waals surface area contributed by atoms with E-state index in [4.69, 9.17) is 5.11 Å². The van der Waals surface area contributed by atoms with Crippen molar-refractivity contribution in [3.8, 4) is 0 Å². The summed E-state index contributed by atoms with van der Waals surface area (Å²) in [6.07, 6.45) is 6.23. The maximum absolute atomic E-state index is 10.6. The maximum atomic E-state index is 10.6. The summed E-state index contributed by atoms with van der Waals surface area (Å²) in [7, 11) is 0. The van der Waals surface area contributed by atoms with Crippen LogP contribution in [0.5, 0.6) is 0 Å². The summed E-state index contributed by atoms with van der Waals surface area (Å²) in [6, 6.07) is 0. The third-order valence-electron chi connectivity index (χ3n) is 3.39. The number of aliphatic carboxylic acids is 1. The number of rotatable bonds is 5. The van der Waals surface area contributed by atoms with Crippen LogP contribution in [0.4, 0.5) is 0 Å². The van der Waals surface area contributed by atoms with Crippen LogP contribution in [0.2, 0.25) is 0 Å². The van der Waals surface area contributed by atoms with Gasteiger partial charge >= 0.3 is 5.97 Å². The molecule has 0 amide bonds. The molecule has 2 rings (SSSR count). The Morgan fingerprint density at radius 3 is 2.94 bits per heavy atom. The highest BCUT2D eigenvalue weighted by atomic mass is 32.1. The number of carbonyl (C=O) groups is 1. The first-order chi connectivity index (χ1) is 8.15. The molecule has 1 atom stereocenters. The number of hydrogen-bond donors (Lipinski definition) is 1. The summed E-state index contributed by atoms with van der Waals surface area (Å²) in [5, 5.41) is 12.0. The van der Waals surface area contributed by atoms with E-state index in [2.05, 4.69) is 10.4 Å². The molecule has 94 valence electrons. The number of aromatic nitrogens is 1. The predicted molar refractivity (Wildman–Crippen MR) is 68.4 cm³/mol. The van der Waals surface area contributed by atoms with Crippen molar-refractivity contribution in [2.45, 2.75) is 51.4 Å². The highest BCUT2D eigenvalue weighted by molar-refractivity contribution is 7.09. The zero-order valence-electron chi connectivity index (χ0n) is 10.2. The van der Waals surface area contributed by atoms with Crippen LogP contribution >= 0.6 is 11.3 Å². The molecule has 0 bridgehead atoms. The fourth-order valence-electron chi connectivity index (χ4n) is 2.50. The second-order valence-corrected chi connectivity index (χ2v) is 6.00. The number of thiazole rings is 1. The van der Waals surface area contributed by atoms with E-state index in [-0.39, 0.29) is 12.3 Å². The van der Waals surface area contributed by atoms with Gasteiger partial charge in [0.2, 0.25) is 0 Å². The third-order valence-corrected chi connectivity index (χ3v) is 4.28. The Kier molecular flexibility index (Phi) is 4.15. The highest BCUT2D eigenvalue weighted by Crippen LogP contribution is 2.34. The molecule has 4 heteroatoms. The molecule has 0 saturated heterocycles. The van der Waals surface area contributed by atoms with Crippen molar-refractivity contribution in [1.82, 2.24) is 4.98 Å². The van der Waals surface area contributed by atoms with Crippen molar-refractivity contribution in [1.29, 1.82) is 0 Å². The summed E-state index contributed by atoms with van der Waals surface area (Å²) in [6.45, 7) is 1.98. The predicted octanol–water partition coefficient (Wildman–Crippen LogP) is 3.45. The molecule has 1 aromatic heterocycles. The molecule has 1 aliphatic rings. The van der Waals surface area contributed by atoms with Crippen molar-refractivity contribution in [2.24, 2.45) is 5.92 Å². The Hall–Kier alpha value is -0.900. The average molecular weight is 253 g/mol. The quantitative estimate of drug-likeness (QED) is 0.874. The van der Waals surface area contributed by atoms with E-state index >= 15 is 0 Å². The lowest BCUT2D eigenvalue weighted by Gasteiger charge is -2.06. The summed E-state index contributed by atoms with van der Waals surface area (Å²) in [5.41, 5.74) is 1.24. The van der Waals surface area contributed by atoms with Crippen molar-refractivity contribution in [3.63, 3.8) is 0 Å². The van der Waals surface area contributed by atoms with Gasteiger partial charge in [0.25, 0.3) is 0 Å². The second kappa shape index (κ2) is 5.63. The Bertz CT molecular complexity index is 383. The topological polar surface area (TPSA) is 50.2 Å². The second-order valence-electron chi connectivity index (χ2n) is 5.05. The lowest BCUT2D eigenvalue weighted by atomic mass is 10.0. The van der Waals surface area contributed by atoms with Gasteiger partial charge in [0, 0.05) is 24.1 Å². The van der Waals surface area contributed by atoms with Crippen LogP contribution in [0.25, 0.3) is 0 Å². The van der Waals surface area contributed by atoms with Crippen molar-refractivity contribution >= 4 is 17.3 Å². The van der Waals surface area contributed by atoms with Crippen LogP contribution in [0.3, 0.4) is 0 Å². The molecule has 0 aliphatic heterocycles. The number of hydrogen-bond acceptors (Lipinski definition) is 3. The Balaban J connectivity index is 1.91. The zero-order valence-corrected chi connectivity index (χ0v) is 11.0. The van der Waals surface area contributed by atoms with Crippen molar-refractivity contribution in [2.75, 3.05) is 0 Å². The van der Waals surface area contributed by atoms with E-state index in [1.54, 1.807) is 11.3 Å². The molecule has 0 spiro atoms. The molecule has 1 unspecified atom stereocenters. The number of carboxylic acids is 1. The molecule has 0 aromatic carbocycles. The molecular formula is C13H19NO2S. The molecule has 1 aliphatic carbocycles. The minimum absolute atomic E-state index is 0.176. The molecule has 1 fully saturated rings. The van der Waals surface area contributed by atoms with E-state index < -0.39 is 5.97 Å². The number of carboxylic acid groups (broad SMARTS) is 1. The van der Waals surface area contributed by atoms with E-state index in [0.717, 1.165) is 11.4 Å². The molecule has 1 aromatic rings. The monoisotopic (exact) mass is 253 g/mol. The lowest BCUT2D eigenvalue weighted by Crippen LogP contribution is -2.07. The fourth-order valence-corrected chi connectivity index (χ4v) is 3.54. The Morgan fingerprint density at radius 1 is 1.59 bits per heavy atom. The highest BCUT2D eigenvalue weighted by Gasteiger charge is 2.20. The minimum atomic E-state index is -0.718. The maximum Gasteiger partial charge on any atom is 0.303 e. The molecule has 0 radical (unpaired) electrons. The van der Waals surface area contributed by atoms with Crippen molar-refractivity contribution in [3.05, 3.63) is 16.1 Å². The first kappa shape index (κ1) is 12.6. The van der Waals surface area contributed by atoms with Gasteiger partial charge in [-0.1, -0.05) is 19.8 Å². The van der Waals surface area contributed by atoms with Crippen LogP contribution in [0.15, 0.2) is 5.38 Å². The lowest BCUT2D eigenvalue weighted by molar-refractivity contribution is -0.137. The third kappa shape index (κ3) is 3.53. The summed E-state index contributed by atoms with van der Waals surface area (Å²) < 4.78 is 0. The van der Waals surface area contributed by atoms with Gasteiger partial charge in [-0.15, -0.1) is 11.3 Å². The van der Waals surface area contributed by atoms with Crippen LogP contribution < -0.4 is 0 Å². The zero-order chi connectivity index (χ0) is 12.3. The van der Waals surface area contributed by atoms with E-state index in [0.29, 0.717) is 5.92 Å². The summed E-state index contributed by atoms with van der Waals surface area (Å²) >= 11 is 1.69. The first-order valence-electron chi connectivity index (χ1n) is 6.31. The van der Waals surface area contributed by atoms with Gasteiger partial charge in [0.1, 0.15) is 0 Å². The standard InChI is InChI=1S/C13H19NO2S/c1-9(7-13(15)16)6-12-14-11(8-17-12)10-4-2-3-5-10/h8-10H,2-7H2,1H3,(H,15,16). The summed E-state index contributed by atoms with van der Waals surface area (Å²) in [5.74, 6) is 0.120. The Labute approximate surface area is 106 Å². The van der Waals surface area contributed by atoms with Gasteiger partial charge in [-0.2, -0.15) is 0 Å². The first-order valence-corrected chi connectivity index (χ1v) is 7.19. The minimum Gasteiger partial charge on any atom is -0.481 e. The van der Waals surface area contributed by atoms with Gasteiger partial charge in [-0.05, 0) is 18.8 Å². The molecule has 3 nitrogen and oxygen atoms in total. The summed E-state index contributed by atoms with van der Waals surface area (Å²) in [4.78, 5) is 15.3. The van der Waals surface area contributed by atoms with Crippen LogP contribution in [-0.4, -0.2) is 16.1 Å². The fraction of sp³-hybridized carbons (Fsp3) is 0.692. The van der Waals surface area contributed by atoms with Gasteiger partial charge in [-0.3, -0.25) is 4.79 Å². The number of nitrogens with zero attached hydrogens (tertiary/aromatic N) is 1. The van der Waals surface area contributed by atoms with Crippen LogP contribution in [0.1, 0.15) is 55.6 Å². The van der Waals surface area contributed by atoms with E-state index in [9.17, 15) is 4.79 Å². The van der Waals surface area contributed by atoms with E-state index in [1.807, 2.05) is 6.92 Å². The van der Waals surface area contributed by atoms with E-state index in [1.165, 1.54) is 31.4 Å². The largest absolute Gasteiger partial charge is 0.481 e. The van der Waals surface area contributed by atoms with Gasteiger partial charge in [-0.25, -0.2) is 4.98 Å². The van der Waals surface area contributed by atoms with Crippen LogP contribution in [0, 0.1) is 5.92 Å². The van der Waals surface area contributed by atoms with Gasteiger partial charge in [0.15, 0.2) is 0 Å². The molecule has 1 saturated carbocycles. The smallest absolute Gasteiger partial charge is 0.303 e. The van der Waals surface area contributed by atoms with Crippen LogP contribution in [-0.2, 0) is 11.2 Å². The van der Waals surface area contributed by atoms with Gasteiger partial charge in [0.05, 0.1) is 10.7 Å².